The Morgan fingerprint density at radius 3 is 2.05 bits per heavy atom. The third-order valence-electron chi connectivity index (χ3n) is 6.32. The van der Waals surface area contributed by atoms with E-state index in [1.807, 2.05) is 54.6 Å². The highest BCUT2D eigenvalue weighted by Gasteiger charge is 2.29. The van der Waals surface area contributed by atoms with E-state index in [-0.39, 0.29) is 19.3 Å². The normalized spacial score (nSPS) is 12.0. The Labute approximate surface area is 250 Å². The topological polar surface area (TPSA) is 159 Å². The fourth-order valence-corrected chi connectivity index (χ4v) is 5.71. The van der Waals surface area contributed by atoms with Crippen molar-refractivity contribution in [1.29, 1.82) is 0 Å². The van der Waals surface area contributed by atoms with Crippen molar-refractivity contribution in [2.24, 2.45) is 0 Å². The van der Waals surface area contributed by atoms with Crippen LogP contribution in [0, 0.1) is 0 Å². The van der Waals surface area contributed by atoms with E-state index in [4.69, 9.17) is 0 Å². The van der Waals surface area contributed by atoms with Crippen LogP contribution < -0.4 is 10.6 Å². The van der Waals surface area contributed by atoms with Crippen molar-refractivity contribution in [1.82, 2.24) is 20.6 Å². The Balaban J connectivity index is 1.32. The Morgan fingerprint density at radius 2 is 1.43 bits per heavy atom. The van der Waals surface area contributed by atoms with E-state index in [2.05, 4.69) is 20.6 Å². The predicted octanol–water partition coefficient (Wildman–Crippen LogP) is 4.20. The standard InChI is InChI=1S/C30H30N4O6S2/c1-30(2,29(39)40)34-25(36)15-22-17-42-27(32-22)20-10-6-7-18(13-20)11-12-23(28(37)38)33-24(35)14-21-16-41-26(31-21)19-8-4-3-5-9-19/h3-10,13,16-17,23H,11-12,14-15H2,1-2H3,(H,33,35)(H,34,36)(H,37,38)(H,39,40). The second-order valence-electron chi connectivity index (χ2n) is 10.2. The van der Waals surface area contributed by atoms with Crippen molar-refractivity contribution < 1.29 is 29.4 Å². The maximum atomic E-state index is 12.6. The molecule has 10 nitrogen and oxygen atoms in total. The SMILES string of the molecule is CC(C)(NC(=O)Cc1csc(-c2cccc(CCC(NC(=O)Cc3csc(-c4ccccc4)n3)C(=O)O)c2)n1)C(=O)O. The second-order valence-corrected chi connectivity index (χ2v) is 11.9. The summed E-state index contributed by atoms with van der Waals surface area (Å²) in [6.07, 6.45) is 0.534. The van der Waals surface area contributed by atoms with Crippen molar-refractivity contribution in [3.8, 4) is 21.1 Å². The molecule has 2 amide bonds. The van der Waals surface area contributed by atoms with Crippen molar-refractivity contribution in [2.75, 3.05) is 0 Å². The van der Waals surface area contributed by atoms with Gasteiger partial charge in [0.15, 0.2) is 0 Å². The summed E-state index contributed by atoms with van der Waals surface area (Å²) in [6, 6.07) is 16.1. The van der Waals surface area contributed by atoms with E-state index in [1.54, 1.807) is 10.8 Å². The lowest BCUT2D eigenvalue weighted by Gasteiger charge is -2.20. The summed E-state index contributed by atoms with van der Waals surface area (Å²) in [5.74, 6) is -3.10. The smallest absolute Gasteiger partial charge is 0.328 e. The van der Waals surface area contributed by atoms with E-state index in [9.17, 15) is 29.4 Å². The summed E-state index contributed by atoms with van der Waals surface area (Å²) in [5.41, 5.74) is 2.35. The molecule has 0 saturated carbocycles. The third-order valence-corrected chi connectivity index (χ3v) is 8.20. The van der Waals surface area contributed by atoms with E-state index < -0.39 is 35.3 Å². The van der Waals surface area contributed by atoms with E-state index >= 15 is 0 Å². The Morgan fingerprint density at radius 1 is 0.833 bits per heavy atom. The van der Waals surface area contributed by atoms with Crippen LogP contribution in [0.3, 0.4) is 0 Å². The first-order chi connectivity index (χ1) is 20.0. The quantitative estimate of drug-likeness (QED) is 0.176. The zero-order valence-electron chi connectivity index (χ0n) is 23.0. The maximum Gasteiger partial charge on any atom is 0.328 e. The average Bonchev–Trinajstić information content (AvgIpc) is 3.61. The van der Waals surface area contributed by atoms with Gasteiger partial charge >= 0.3 is 11.9 Å². The number of carbonyl (C=O) groups excluding carboxylic acids is 2. The van der Waals surface area contributed by atoms with Gasteiger partial charge in [0.1, 0.15) is 21.6 Å². The summed E-state index contributed by atoms with van der Waals surface area (Å²) >= 11 is 2.78. The molecule has 2 heterocycles. The third kappa shape index (κ3) is 8.30. The number of aromatic nitrogens is 2. The Hall–Kier alpha value is -4.42. The summed E-state index contributed by atoms with van der Waals surface area (Å²) in [5, 5.41) is 29.0. The van der Waals surface area contributed by atoms with Crippen molar-refractivity contribution in [3.63, 3.8) is 0 Å². The first-order valence-electron chi connectivity index (χ1n) is 13.1. The van der Waals surface area contributed by atoms with Crippen LogP contribution in [0.15, 0.2) is 65.4 Å². The predicted molar refractivity (Wildman–Crippen MR) is 160 cm³/mol. The first kappa shape index (κ1) is 30.5. The van der Waals surface area contributed by atoms with Crippen molar-refractivity contribution >= 4 is 46.4 Å². The number of carboxylic acid groups (broad SMARTS) is 2. The molecule has 1 atom stereocenters. The Kier molecular flexibility index (Phi) is 9.81. The van der Waals surface area contributed by atoms with Gasteiger partial charge in [0.2, 0.25) is 11.8 Å². The molecule has 0 fully saturated rings. The van der Waals surface area contributed by atoms with Gasteiger partial charge in [-0.2, -0.15) is 0 Å². The van der Waals surface area contributed by atoms with Gasteiger partial charge in [-0.05, 0) is 38.3 Å². The molecule has 0 radical (unpaired) electrons. The molecule has 218 valence electrons. The van der Waals surface area contributed by atoms with Gasteiger partial charge in [0, 0.05) is 21.9 Å². The van der Waals surface area contributed by atoms with E-state index in [0.29, 0.717) is 22.8 Å². The highest BCUT2D eigenvalue weighted by Crippen LogP contribution is 2.26. The molecule has 42 heavy (non-hydrogen) atoms. The molecular formula is C30H30N4O6S2. The fraction of sp³-hybridized carbons (Fsp3) is 0.267. The zero-order chi connectivity index (χ0) is 30.3. The number of benzene rings is 2. The molecule has 2 aromatic carbocycles. The molecule has 0 aliphatic rings. The molecule has 4 aromatic rings. The number of rotatable bonds is 13. The molecule has 4 N–H and O–H groups in total. The lowest BCUT2D eigenvalue weighted by Crippen LogP contribution is -2.50. The summed E-state index contributed by atoms with van der Waals surface area (Å²) in [4.78, 5) is 57.1. The van der Waals surface area contributed by atoms with Crippen LogP contribution in [0.2, 0.25) is 0 Å². The maximum absolute atomic E-state index is 12.6. The molecule has 4 rings (SSSR count). The number of aryl methyl sites for hydroxylation is 1. The molecule has 0 aliphatic carbocycles. The van der Waals surface area contributed by atoms with Gasteiger partial charge in [-0.25, -0.2) is 19.6 Å². The average molecular weight is 607 g/mol. The minimum Gasteiger partial charge on any atom is -0.480 e. The van der Waals surface area contributed by atoms with Crippen molar-refractivity contribution in [3.05, 3.63) is 82.3 Å². The van der Waals surface area contributed by atoms with E-state index in [0.717, 1.165) is 21.7 Å². The molecule has 0 aliphatic heterocycles. The molecule has 1 unspecified atom stereocenters. The summed E-state index contributed by atoms with van der Waals surface area (Å²) in [7, 11) is 0. The summed E-state index contributed by atoms with van der Waals surface area (Å²) in [6.45, 7) is 2.82. The van der Waals surface area contributed by atoms with Gasteiger partial charge in [-0.3, -0.25) is 9.59 Å². The molecule has 0 saturated heterocycles. The lowest BCUT2D eigenvalue weighted by atomic mass is 10.0. The monoisotopic (exact) mass is 606 g/mol. The fourth-order valence-electron chi connectivity index (χ4n) is 4.07. The van der Waals surface area contributed by atoms with Gasteiger partial charge in [-0.1, -0.05) is 48.5 Å². The minimum absolute atomic E-state index is 0.0131. The molecular weight excluding hydrogens is 576 g/mol. The molecule has 0 bridgehead atoms. The van der Waals surface area contributed by atoms with Crippen LogP contribution in [0.25, 0.3) is 21.1 Å². The Bertz CT molecular complexity index is 1580. The van der Waals surface area contributed by atoms with Crippen LogP contribution in [-0.4, -0.2) is 55.5 Å². The van der Waals surface area contributed by atoms with Crippen LogP contribution in [0.5, 0.6) is 0 Å². The van der Waals surface area contributed by atoms with Gasteiger partial charge in [0.25, 0.3) is 0 Å². The van der Waals surface area contributed by atoms with Crippen molar-refractivity contribution in [2.45, 2.75) is 51.1 Å². The number of amides is 2. The summed E-state index contributed by atoms with van der Waals surface area (Å²) < 4.78 is 0. The molecule has 12 heteroatoms. The largest absolute Gasteiger partial charge is 0.480 e. The highest BCUT2D eigenvalue weighted by molar-refractivity contribution is 7.13. The zero-order valence-corrected chi connectivity index (χ0v) is 24.6. The lowest BCUT2D eigenvalue weighted by molar-refractivity contribution is -0.146. The number of hydrogen-bond acceptors (Lipinski definition) is 8. The molecule has 2 aromatic heterocycles. The van der Waals surface area contributed by atoms with Crippen LogP contribution in [0.1, 0.15) is 37.2 Å². The van der Waals surface area contributed by atoms with Crippen LogP contribution in [0.4, 0.5) is 0 Å². The second kappa shape index (κ2) is 13.5. The number of carbonyl (C=O) groups is 4. The minimum atomic E-state index is -1.38. The van der Waals surface area contributed by atoms with Crippen LogP contribution in [-0.2, 0) is 38.4 Å². The first-order valence-corrected chi connectivity index (χ1v) is 14.9. The number of thiazole rings is 2. The van der Waals surface area contributed by atoms with E-state index in [1.165, 1.54) is 36.5 Å². The van der Waals surface area contributed by atoms with Gasteiger partial charge in [0.05, 0.1) is 24.2 Å². The number of nitrogens with zero attached hydrogens (tertiary/aromatic N) is 2. The molecule has 0 spiro atoms. The van der Waals surface area contributed by atoms with Crippen LogP contribution >= 0.6 is 22.7 Å². The van der Waals surface area contributed by atoms with Gasteiger partial charge in [-0.15, -0.1) is 22.7 Å². The highest BCUT2D eigenvalue weighted by atomic mass is 32.1. The number of hydrogen-bond donors (Lipinski definition) is 4. The number of nitrogens with one attached hydrogen (secondary N) is 2. The number of aliphatic carboxylic acids is 2. The van der Waals surface area contributed by atoms with Gasteiger partial charge < -0.3 is 20.8 Å². The number of carboxylic acids is 2.